The summed E-state index contributed by atoms with van der Waals surface area (Å²) in [5.74, 6) is -3.09. The molecule has 1 amide bonds. The summed E-state index contributed by atoms with van der Waals surface area (Å²) in [5, 5.41) is 6.51. The number of hydrogen-bond acceptors (Lipinski definition) is 1. The molecular weight excluding hydrogens is 458 g/mol. The van der Waals surface area contributed by atoms with Crippen molar-refractivity contribution in [1.82, 2.24) is 5.32 Å². The quantitative estimate of drug-likeness (QED) is 0.300. The Morgan fingerprint density at radius 2 is 1.19 bits per heavy atom. The van der Waals surface area contributed by atoms with E-state index in [1.807, 2.05) is 18.2 Å². The zero-order chi connectivity index (χ0) is 22.0. The van der Waals surface area contributed by atoms with Crippen molar-refractivity contribution in [2.45, 2.75) is 25.7 Å². The van der Waals surface area contributed by atoms with E-state index < -0.39 is 5.96 Å². The van der Waals surface area contributed by atoms with Crippen molar-refractivity contribution in [3.05, 3.63) is 91.0 Å². The standard InChI is InChI=1S/C26H32ClN2OP.ClH/c27-31(23-13-4-1-5-14-23,24-15-6-2-7-16-24,25-17-8-3-9-18-25)22-11-10-19-26(30)29-21-12-20-28;/h1-9,13-18H,10-12,19-22,28H2,(H,29,30);1H. The van der Waals surface area contributed by atoms with Crippen LogP contribution in [0.15, 0.2) is 91.0 Å². The van der Waals surface area contributed by atoms with Crippen molar-refractivity contribution in [1.29, 1.82) is 0 Å². The third-order valence-electron chi connectivity index (χ3n) is 5.86. The third kappa shape index (κ3) is 5.71. The van der Waals surface area contributed by atoms with Crippen molar-refractivity contribution in [3.8, 4) is 0 Å². The zero-order valence-corrected chi connectivity index (χ0v) is 20.8. The fraction of sp³-hybridized carbons (Fsp3) is 0.269. The first-order chi connectivity index (χ1) is 15.1. The number of amides is 1. The number of carbonyl (C=O) groups is 1. The molecule has 3 nitrogen and oxygen atoms in total. The molecule has 0 atom stereocenters. The van der Waals surface area contributed by atoms with Crippen LogP contribution in [-0.2, 0) is 4.79 Å². The first-order valence-electron chi connectivity index (χ1n) is 11.0. The molecule has 3 aromatic carbocycles. The van der Waals surface area contributed by atoms with Gasteiger partial charge in [0.1, 0.15) is 0 Å². The molecule has 0 bridgehead atoms. The SMILES string of the molecule is [Cl-].[NH3+]CCCNC(=O)CCCCP(Cl)(c1ccccc1)(c1ccccc1)c1ccccc1. The Balaban J connectivity index is 0.00000363. The van der Waals surface area contributed by atoms with Gasteiger partial charge in [-0.05, 0) is 0 Å². The maximum atomic E-state index is 12.2. The number of carbonyl (C=O) groups excluding carboxylic acids is 1. The molecule has 172 valence electrons. The van der Waals surface area contributed by atoms with E-state index in [9.17, 15) is 4.79 Å². The predicted octanol–water partition coefficient (Wildman–Crippen LogP) is 0.593. The average Bonchev–Trinajstić information content (AvgIpc) is 2.84. The van der Waals surface area contributed by atoms with Crippen molar-refractivity contribution in [2.75, 3.05) is 19.3 Å². The molecule has 0 saturated carbocycles. The van der Waals surface area contributed by atoms with Crippen molar-refractivity contribution in [2.24, 2.45) is 0 Å². The summed E-state index contributed by atoms with van der Waals surface area (Å²) < 4.78 is 0. The third-order valence-corrected chi connectivity index (χ3v) is 13.4. The number of benzene rings is 3. The van der Waals surface area contributed by atoms with Gasteiger partial charge in [-0.15, -0.1) is 0 Å². The molecule has 0 aliphatic rings. The Labute approximate surface area is 202 Å². The van der Waals surface area contributed by atoms with Crippen LogP contribution in [-0.4, -0.2) is 25.2 Å². The van der Waals surface area contributed by atoms with Crippen molar-refractivity contribution < 1.29 is 22.9 Å². The number of rotatable bonds is 11. The molecule has 4 N–H and O–H groups in total. The molecule has 0 heterocycles. The van der Waals surface area contributed by atoms with Crippen LogP contribution in [0, 0.1) is 0 Å². The van der Waals surface area contributed by atoms with Gasteiger partial charge in [-0.2, -0.15) is 0 Å². The van der Waals surface area contributed by atoms with E-state index in [0.29, 0.717) is 13.0 Å². The number of nitrogens with one attached hydrogen (secondary N) is 1. The fourth-order valence-electron chi connectivity index (χ4n) is 4.19. The number of halogens is 2. The zero-order valence-electron chi connectivity index (χ0n) is 18.4. The second-order valence-corrected chi connectivity index (χ2v) is 14.5. The van der Waals surface area contributed by atoms with Gasteiger partial charge in [0.05, 0.1) is 0 Å². The van der Waals surface area contributed by atoms with E-state index in [4.69, 9.17) is 11.2 Å². The van der Waals surface area contributed by atoms with Crippen LogP contribution in [0.25, 0.3) is 0 Å². The summed E-state index contributed by atoms with van der Waals surface area (Å²) in [7, 11) is 0. The van der Waals surface area contributed by atoms with Crippen LogP contribution in [0.1, 0.15) is 25.7 Å². The van der Waals surface area contributed by atoms with Crippen LogP contribution < -0.4 is 39.4 Å². The summed E-state index contributed by atoms with van der Waals surface area (Å²) >= 11 is 8.01. The molecule has 0 unspecified atom stereocenters. The summed E-state index contributed by atoms with van der Waals surface area (Å²) in [6, 6.07) is 31.5. The first-order valence-corrected chi connectivity index (χ1v) is 14.4. The van der Waals surface area contributed by atoms with Gasteiger partial charge in [-0.3, -0.25) is 0 Å². The Morgan fingerprint density at radius 1 is 0.750 bits per heavy atom. The van der Waals surface area contributed by atoms with Crippen LogP contribution in [0.5, 0.6) is 0 Å². The second kappa shape index (κ2) is 12.4. The molecule has 0 aliphatic heterocycles. The van der Waals surface area contributed by atoms with E-state index in [1.54, 1.807) is 0 Å². The molecule has 6 heteroatoms. The summed E-state index contributed by atoms with van der Waals surface area (Å²) in [4.78, 5) is 12.2. The summed E-state index contributed by atoms with van der Waals surface area (Å²) in [6.07, 6.45) is 3.95. The molecule has 3 rings (SSSR count). The van der Waals surface area contributed by atoms with Gasteiger partial charge >= 0.3 is 191 Å². The van der Waals surface area contributed by atoms with Gasteiger partial charge in [0, 0.05) is 0 Å². The topological polar surface area (TPSA) is 56.7 Å². The van der Waals surface area contributed by atoms with Crippen LogP contribution in [0.4, 0.5) is 0 Å². The molecule has 0 radical (unpaired) electrons. The fourth-order valence-corrected chi connectivity index (χ4v) is 10.4. The van der Waals surface area contributed by atoms with Crippen LogP contribution in [0.3, 0.4) is 0 Å². The van der Waals surface area contributed by atoms with Gasteiger partial charge in [0.15, 0.2) is 0 Å². The van der Waals surface area contributed by atoms with E-state index in [2.05, 4.69) is 83.8 Å². The van der Waals surface area contributed by atoms with E-state index in [0.717, 1.165) is 32.0 Å². The number of quaternary nitrogens is 1. The van der Waals surface area contributed by atoms with Crippen molar-refractivity contribution >= 4 is 39.0 Å². The van der Waals surface area contributed by atoms with E-state index >= 15 is 0 Å². The summed E-state index contributed by atoms with van der Waals surface area (Å²) in [6.45, 7) is 1.54. The maximum absolute atomic E-state index is 12.2. The van der Waals surface area contributed by atoms with Gasteiger partial charge in [-0.1, -0.05) is 0 Å². The molecule has 0 fully saturated rings. The van der Waals surface area contributed by atoms with Gasteiger partial charge in [-0.25, -0.2) is 0 Å². The van der Waals surface area contributed by atoms with Gasteiger partial charge < -0.3 is 12.4 Å². The molecule has 32 heavy (non-hydrogen) atoms. The number of unbranched alkanes of at least 4 members (excludes halogenated alkanes) is 1. The average molecular weight is 491 g/mol. The molecule has 0 saturated heterocycles. The van der Waals surface area contributed by atoms with Gasteiger partial charge in [0.25, 0.3) is 0 Å². The molecule has 0 aliphatic carbocycles. The first kappa shape index (κ1) is 26.4. The second-order valence-electron chi connectivity index (χ2n) is 7.93. The minimum atomic E-state index is -3.21. The Morgan fingerprint density at radius 3 is 1.59 bits per heavy atom. The molecule has 3 aromatic rings. The van der Waals surface area contributed by atoms with Crippen LogP contribution in [0.2, 0.25) is 0 Å². The Kier molecular flexibility index (Phi) is 10.2. The number of hydrogen-bond donors (Lipinski definition) is 2. The van der Waals surface area contributed by atoms with E-state index in [1.165, 1.54) is 15.9 Å². The van der Waals surface area contributed by atoms with Crippen LogP contribution >= 0.6 is 17.2 Å². The molecule has 0 spiro atoms. The predicted molar refractivity (Wildman–Crippen MR) is 135 cm³/mol. The van der Waals surface area contributed by atoms with Gasteiger partial charge in [0.2, 0.25) is 0 Å². The van der Waals surface area contributed by atoms with Crippen molar-refractivity contribution in [3.63, 3.8) is 0 Å². The minimum absolute atomic E-state index is 0. The van der Waals surface area contributed by atoms with E-state index in [-0.39, 0.29) is 18.3 Å². The monoisotopic (exact) mass is 490 g/mol. The molecule has 0 aromatic heterocycles. The normalized spacial score (nSPS) is 12.2. The Hall–Kier alpha value is -1.90. The Bertz CT molecular complexity index is 856. The molecular formula is C26H33Cl2N2OP. The summed E-state index contributed by atoms with van der Waals surface area (Å²) in [5.41, 5.74) is 3.82.